The van der Waals surface area contributed by atoms with Gasteiger partial charge in [-0.15, -0.1) is 0 Å². The molecule has 1 amide bonds. The summed E-state index contributed by atoms with van der Waals surface area (Å²) in [7, 11) is -3.91. The van der Waals surface area contributed by atoms with Crippen LogP contribution in [-0.2, 0) is 10.0 Å². The van der Waals surface area contributed by atoms with Crippen LogP contribution in [-0.4, -0.2) is 25.4 Å². The van der Waals surface area contributed by atoms with Crippen molar-refractivity contribution in [2.24, 2.45) is 0 Å². The summed E-state index contributed by atoms with van der Waals surface area (Å²) in [6.45, 7) is 7.53. The van der Waals surface area contributed by atoms with E-state index in [4.69, 9.17) is 0 Å². The lowest BCUT2D eigenvalue weighted by Crippen LogP contribution is -2.35. The van der Waals surface area contributed by atoms with Crippen molar-refractivity contribution >= 4 is 32.5 Å². The van der Waals surface area contributed by atoms with Gasteiger partial charge in [0.25, 0.3) is 15.9 Å². The van der Waals surface area contributed by atoms with Crippen LogP contribution in [0.1, 0.15) is 41.8 Å². The molecule has 0 aliphatic heterocycles. The molecule has 1 atom stereocenters. The molecule has 0 bridgehead atoms. The van der Waals surface area contributed by atoms with Gasteiger partial charge < -0.3 is 10.3 Å². The van der Waals surface area contributed by atoms with Gasteiger partial charge >= 0.3 is 0 Å². The zero-order valence-corrected chi connectivity index (χ0v) is 18.2. The second-order valence-electron chi connectivity index (χ2n) is 7.50. The fraction of sp³-hybridized carbons (Fsp3) is 0.273. The monoisotopic (exact) mass is 427 g/mol. The number of aryl methyl sites for hydroxylation is 2. The average Bonchev–Trinajstić information content (AvgIpc) is 2.66. The second-order valence-corrected chi connectivity index (χ2v) is 9.19. The number of pyridine rings is 1. The van der Waals surface area contributed by atoms with Crippen molar-refractivity contribution in [3.05, 3.63) is 69.5 Å². The van der Waals surface area contributed by atoms with E-state index < -0.39 is 21.4 Å². The number of fused-ring (bicyclic) bond motifs is 1. The number of amides is 1. The molecule has 7 nitrogen and oxygen atoms in total. The summed E-state index contributed by atoms with van der Waals surface area (Å²) in [5, 5.41) is 2.88. The van der Waals surface area contributed by atoms with Crippen molar-refractivity contribution in [2.45, 2.75) is 45.1 Å². The predicted octanol–water partition coefficient (Wildman–Crippen LogP) is 3.47. The molecule has 8 heteroatoms. The number of carbonyl (C=O) groups is 1. The first-order chi connectivity index (χ1) is 14.1. The van der Waals surface area contributed by atoms with Gasteiger partial charge in [-0.2, -0.15) is 0 Å². The molecular formula is C22H25N3O4S. The zero-order valence-electron chi connectivity index (χ0n) is 17.4. The van der Waals surface area contributed by atoms with E-state index in [1.807, 2.05) is 33.8 Å². The Morgan fingerprint density at radius 2 is 1.77 bits per heavy atom. The van der Waals surface area contributed by atoms with E-state index in [1.54, 1.807) is 12.1 Å². The molecule has 2 aromatic carbocycles. The molecule has 0 radical (unpaired) electrons. The molecule has 0 saturated heterocycles. The Morgan fingerprint density at radius 1 is 1.10 bits per heavy atom. The van der Waals surface area contributed by atoms with Crippen LogP contribution in [0.5, 0.6) is 0 Å². The normalized spacial score (nSPS) is 12.5. The molecule has 1 heterocycles. The van der Waals surface area contributed by atoms with Crippen LogP contribution in [0.25, 0.3) is 10.9 Å². The Morgan fingerprint density at radius 3 is 2.40 bits per heavy atom. The van der Waals surface area contributed by atoms with E-state index in [2.05, 4.69) is 15.0 Å². The average molecular weight is 428 g/mol. The first-order valence-electron chi connectivity index (χ1n) is 9.68. The van der Waals surface area contributed by atoms with Crippen LogP contribution in [0.4, 0.5) is 5.69 Å². The summed E-state index contributed by atoms with van der Waals surface area (Å²) >= 11 is 0. The van der Waals surface area contributed by atoms with Crippen molar-refractivity contribution < 1.29 is 13.2 Å². The van der Waals surface area contributed by atoms with Crippen molar-refractivity contribution in [3.8, 4) is 0 Å². The molecular weight excluding hydrogens is 402 g/mol. The molecule has 158 valence electrons. The van der Waals surface area contributed by atoms with Gasteiger partial charge in [-0.1, -0.05) is 13.0 Å². The van der Waals surface area contributed by atoms with Crippen LogP contribution < -0.4 is 15.5 Å². The molecule has 0 spiro atoms. The maximum atomic E-state index is 12.9. The van der Waals surface area contributed by atoms with Crippen LogP contribution in [0.3, 0.4) is 0 Å². The number of sulfonamides is 1. The summed E-state index contributed by atoms with van der Waals surface area (Å²) < 4.78 is 28.3. The number of hydrogen-bond donors (Lipinski definition) is 3. The Balaban J connectivity index is 2.02. The third-order valence-corrected chi connectivity index (χ3v) is 6.25. The summed E-state index contributed by atoms with van der Waals surface area (Å²) in [4.78, 5) is 28.1. The van der Waals surface area contributed by atoms with E-state index in [0.717, 1.165) is 17.5 Å². The first kappa shape index (κ1) is 21.6. The van der Waals surface area contributed by atoms with Crippen molar-refractivity contribution in [3.63, 3.8) is 0 Å². The Bertz CT molecular complexity index is 1260. The quantitative estimate of drug-likeness (QED) is 0.560. The molecule has 3 N–H and O–H groups in total. The van der Waals surface area contributed by atoms with Gasteiger partial charge in [0.15, 0.2) is 0 Å². The topological polar surface area (TPSA) is 108 Å². The van der Waals surface area contributed by atoms with Crippen LogP contribution in [0, 0.1) is 13.8 Å². The van der Waals surface area contributed by atoms with Crippen molar-refractivity contribution in [1.82, 2.24) is 10.3 Å². The predicted molar refractivity (Wildman–Crippen MR) is 119 cm³/mol. The summed E-state index contributed by atoms with van der Waals surface area (Å²) in [6.07, 6.45) is 2.08. The first-order valence-corrected chi connectivity index (χ1v) is 11.2. The maximum Gasteiger partial charge on any atom is 0.261 e. The molecule has 0 saturated carbocycles. The lowest BCUT2D eigenvalue weighted by Gasteiger charge is -2.12. The molecule has 0 unspecified atom stereocenters. The highest BCUT2D eigenvalue weighted by Crippen LogP contribution is 2.21. The molecule has 0 aliphatic carbocycles. The van der Waals surface area contributed by atoms with Gasteiger partial charge in [0.2, 0.25) is 5.43 Å². The highest BCUT2D eigenvalue weighted by Gasteiger charge is 2.19. The molecule has 0 aliphatic rings. The summed E-state index contributed by atoms with van der Waals surface area (Å²) in [5.74, 6) is -0.492. The SMILES string of the molecule is CC[C@@H](C)NC(=O)c1c[nH]c2ccc(S(=O)(=O)Nc3cc(C)cc(C)c3)cc2c1=O. The van der Waals surface area contributed by atoms with Gasteiger partial charge in [-0.3, -0.25) is 14.3 Å². The maximum absolute atomic E-state index is 12.9. The Kier molecular flexibility index (Phi) is 5.98. The minimum atomic E-state index is -3.91. The molecule has 3 rings (SSSR count). The highest BCUT2D eigenvalue weighted by atomic mass is 32.2. The fourth-order valence-electron chi connectivity index (χ4n) is 3.18. The third kappa shape index (κ3) is 4.54. The minimum Gasteiger partial charge on any atom is -0.360 e. The molecule has 0 fully saturated rings. The lowest BCUT2D eigenvalue weighted by atomic mass is 10.1. The molecule has 3 aromatic rings. The Labute approximate surface area is 175 Å². The summed E-state index contributed by atoms with van der Waals surface area (Å²) in [6, 6.07) is 9.55. The number of nitrogens with one attached hydrogen (secondary N) is 3. The van der Waals surface area contributed by atoms with E-state index in [9.17, 15) is 18.0 Å². The zero-order chi connectivity index (χ0) is 22.1. The fourth-order valence-corrected chi connectivity index (χ4v) is 4.25. The van der Waals surface area contributed by atoms with Crippen LogP contribution in [0.2, 0.25) is 0 Å². The standard InChI is InChI=1S/C22H25N3O4S/c1-5-15(4)24-22(27)19-12-23-20-7-6-17(11-18(20)21(19)26)30(28,29)25-16-9-13(2)8-14(3)10-16/h6-12,15,25H,5H2,1-4H3,(H,23,26)(H,24,27)/t15-/m1/s1. The third-order valence-electron chi connectivity index (χ3n) is 4.87. The van der Waals surface area contributed by atoms with Crippen molar-refractivity contribution in [1.29, 1.82) is 0 Å². The summed E-state index contributed by atoms with van der Waals surface area (Å²) in [5.41, 5.74) is 2.18. The number of hydrogen-bond acceptors (Lipinski definition) is 4. The van der Waals surface area contributed by atoms with Crippen molar-refractivity contribution in [2.75, 3.05) is 4.72 Å². The minimum absolute atomic E-state index is 0.0559. The second kappa shape index (κ2) is 8.31. The van der Waals surface area contributed by atoms with Crippen LogP contribution >= 0.6 is 0 Å². The Hall–Kier alpha value is -3.13. The highest BCUT2D eigenvalue weighted by molar-refractivity contribution is 7.92. The number of H-pyrrole nitrogens is 1. The number of rotatable bonds is 6. The van der Waals surface area contributed by atoms with Gasteiger partial charge in [0, 0.05) is 28.8 Å². The van der Waals surface area contributed by atoms with Crippen LogP contribution in [0.15, 0.2) is 52.3 Å². The smallest absolute Gasteiger partial charge is 0.261 e. The number of aromatic amines is 1. The van der Waals surface area contributed by atoms with E-state index in [0.29, 0.717) is 11.2 Å². The van der Waals surface area contributed by atoms with Gasteiger partial charge in [-0.25, -0.2) is 8.42 Å². The number of carbonyl (C=O) groups excluding carboxylic acids is 1. The molecule has 30 heavy (non-hydrogen) atoms. The lowest BCUT2D eigenvalue weighted by molar-refractivity contribution is 0.0938. The van der Waals surface area contributed by atoms with E-state index in [1.165, 1.54) is 24.4 Å². The van der Waals surface area contributed by atoms with Gasteiger partial charge in [-0.05, 0) is 68.7 Å². The van der Waals surface area contributed by atoms with Gasteiger partial charge in [0.05, 0.1) is 4.90 Å². The van der Waals surface area contributed by atoms with Gasteiger partial charge in [0.1, 0.15) is 5.56 Å². The molecule has 1 aromatic heterocycles. The van der Waals surface area contributed by atoms with E-state index in [-0.39, 0.29) is 21.9 Å². The van der Waals surface area contributed by atoms with E-state index >= 15 is 0 Å². The number of anilines is 1. The number of aromatic nitrogens is 1. The largest absolute Gasteiger partial charge is 0.360 e. The number of benzene rings is 2.